The van der Waals surface area contributed by atoms with Gasteiger partial charge in [0.25, 0.3) is 0 Å². The third-order valence-corrected chi connectivity index (χ3v) is 7.56. The molecule has 0 spiro atoms. The van der Waals surface area contributed by atoms with Gasteiger partial charge in [0.2, 0.25) is 5.91 Å². The van der Waals surface area contributed by atoms with Crippen LogP contribution in [-0.2, 0) is 24.1 Å². The molecule has 0 radical (unpaired) electrons. The van der Waals surface area contributed by atoms with Gasteiger partial charge in [-0.05, 0) is 50.8 Å². The monoisotopic (exact) mass is 493 g/mol. The molecule has 1 aliphatic rings. The van der Waals surface area contributed by atoms with Crippen LogP contribution in [0.25, 0.3) is 15.7 Å². The highest BCUT2D eigenvalue weighted by atomic mass is 32.1. The molecule has 0 aromatic carbocycles. The molecule has 1 amide bonds. The van der Waals surface area contributed by atoms with Gasteiger partial charge >= 0.3 is 0 Å². The standard InChI is InChI=1S/C25H31N7O2S/c1-25(2,34)12-20-29-22(28-17-11-15-8-9-27-32(15)13-18(17)31(4)5)21-16-7-6-14(23(33)26-3)10-19(16)35-24(21)30-20/h8-9,11,13-14,34H,6-7,10,12H2,1-5H3,(H,26,33)(H,28,29,30). The van der Waals surface area contributed by atoms with Crippen molar-refractivity contribution in [3.05, 3.63) is 40.8 Å². The zero-order valence-corrected chi connectivity index (χ0v) is 21.5. The number of hydrogen-bond donors (Lipinski definition) is 3. The van der Waals surface area contributed by atoms with Crippen LogP contribution in [0.15, 0.2) is 24.5 Å². The van der Waals surface area contributed by atoms with Gasteiger partial charge < -0.3 is 20.6 Å². The maximum absolute atomic E-state index is 12.3. The minimum absolute atomic E-state index is 0.0228. The Morgan fingerprint density at radius 3 is 2.86 bits per heavy atom. The first-order valence-corrected chi connectivity index (χ1v) is 12.6. The van der Waals surface area contributed by atoms with Gasteiger partial charge in [0.05, 0.1) is 34.1 Å². The number of aromatic nitrogens is 4. The summed E-state index contributed by atoms with van der Waals surface area (Å²) >= 11 is 1.63. The summed E-state index contributed by atoms with van der Waals surface area (Å²) < 4.78 is 1.85. The van der Waals surface area contributed by atoms with E-state index in [2.05, 4.69) is 21.8 Å². The minimum atomic E-state index is -0.933. The number of rotatable bonds is 6. The van der Waals surface area contributed by atoms with Crippen molar-refractivity contribution in [1.82, 2.24) is 24.9 Å². The number of pyridine rings is 1. The summed E-state index contributed by atoms with van der Waals surface area (Å²) in [4.78, 5) is 26.2. The van der Waals surface area contributed by atoms with Gasteiger partial charge in [-0.3, -0.25) is 4.79 Å². The maximum atomic E-state index is 12.3. The molecule has 0 fully saturated rings. The van der Waals surface area contributed by atoms with E-state index in [9.17, 15) is 9.90 Å². The summed E-state index contributed by atoms with van der Waals surface area (Å²) in [6.45, 7) is 3.53. The third-order valence-electron chi connectivity index (χ3n) is 6.41. The van der Waals surface area contributed by atoms with Crippen LogP contribution >= 0.6 is 11.3 Å². The van der Waals surface area contributed by atoms with E-state index in [0.717, 1.165) is 45.8 Å². The molecule has 1 aliphatic carbocycles. The molecule has 3 N–H and O–H groups in total. The first-order valence-electron chi connectivity index (χ1n) is 11.8. The molecular formula is C25H31N7O2S. The predicted octanol–water partition coefficient (Wildman–Crippen LogP) is 3.31. The number of carbonyl (C=O) groups is 1. The average molecular weight is 494 g/mol. The second-order valence-corrected chi connectivity index (χ2v) is 11.1. The van der Waals surface area contributed by atoms with Crippen molar-refractivity contribution in [2.75, 3.05) is 31.4 Å². The molecule has 0 saturated heterocycles. The molecule has 1 unspecified atom stereocenters. The number of thiophene rings is 1. The van der Waals surface area contributed by atoms with E-state index >= 15 is 0 Å². The van der Waals surface area contributed by atoms with Gasteiger partial charge in [-0.1, -0.05) is 0 Å². The van der Waals surface area contributed by atoms with Gasteiger partial charge in [-0.25, -0.2) is 14.5 Å². The van der Waals surface area contributed by atoms with Crippen LogP contribution in [0.4, 0.5) is 17.2 Å². The second-order valence-electron chi connectivity index (χ2n) is 10.0. The minimum Gasteiger partial charge on any atom is -0.390 e. The lowest BCUT2D eigenvalue weighted by molar-refractivity contribution is -0.124. The fraction of sp³-hybridized carbons (Fsp3) is 0.440. The first-order chi connectivity index (χ1) is 16.6. The van der Waals surface area contributed by atoms with Crippen LogP contribution in [0, 0.1) is 5.92 Å². The molecule has 4 aromatic rings. The number of carbonyl (C=O) groups excluding carboxylic acids is 1. The van der Waals surface area contributed by atoms with Crippen LogP contribution < -0.4 is 15.5 Å². The molecule has 35 heavy (non-hydrogen) atoms. The lowest BCUT2D eigenvalue weighted by Crippen LogP contribution is -2.31. The first kappa shape index (κ1) is 23.5. The highest BCUT2D eigenvalue weighted by Crippen LogP contribution is 2.42. The third kappa shape index (κ3) is 4.55. The van der Waals surface area contributed by atoms with Crippen molar-refractivity contribution < 1.29 is 9.90 Å². The highest BCUT2D eigenvalue weighted by molar-refractivity contribution is 7.19. The van der Waals surface area contributed by atoms with Gasteiger partial charge in [0.1, 0.15) is 16.5 Å². The number of aliphatic hydroxyl groups is 1. The van der Waals surface area contributed by atoms with Gasteiger partial charge in [-0.15, -0.1) is 11.3 Å². The van der Waals surface area contributed by atoms with E-state index in [4.69, 9.17) is 9.97 Å². The molecule has 0 bridgehead atoms. The fourth-order valence-electron chi connectivity index (χ4n) is 4.74. The number of amides is 1. The topological polar surface area (TPSA) is 108 Å². The number of hydrogen-bond acceptors (Lipinski definition) is 8. The van der Waals surface area contributed by atoms with Crippen LogP contribution in [0.2, 0.25) is 0 Å². The Hall–Kier alpha value is -3.24. The predicted molar refractivity (Wildman–Crippen MR) is 140 cm³/mol. The molecule has 4 aromatic heterocycles. The van der Waals surface area contributed by atoms with Crippen molar-refractivity contribution in [1.29, 1.82) is 0 Å². The molecule has 0 saturated carbocycles. The molecule has 4 heterocycles. The molecule has 10 heteroatoms. The van der Waals surface area contributed by atoms with E-state index in [-0.39, 0.29) is 11.8 Å². The second kappa shape index (κ2) is 8.76. The fourth-order valence-corrected chi connectivity index (χ4v) is 6.06. The summed E-state index contributed by atoms with van der Waals surface area (Å²) in [7, 11) is 5.69. The Morgan fingerprint density at radius 2 is 2.14 bits per heavy atom. The Balaban J connectivity index is 1.65. The van der Waals surface area contributed by atoms with Crippen LogP contribution in [0.5, 0.6) is 0 Å². The summed E-state index contributed by atoms with van der Waals surface area (Å²) in [6, 6.07) is 4.03. The molecule has 0 aliphatic heterocycles. The summed E-state index contributed by atoms with van der Waals surface area (Å²) in [5, 5.41) is 22.2. The Kier molecular flexibility index (Phi) is 5.88. The maximum Gasteiger partial charge on any atom is 0.223 e. The van der Waals surface area contributed by atoms with Crippen LogP contribution in [0.3, 0.4) is 0 Å². The summed E-state index contributed by atoms with van der Waals surface area (Å²) in [5.74, 6) is 1.39. The molecule has 9 nitrogen and oxygen atoms in total. The number of anilines is 3. The van der Waals surface area contributed by atoms with Crippen molar-refractivity contribution in [2.24, 2.45) is 5.92 Å². The van der Waals surface area contributed by atoms with E-state index in [0.29, 0.717) is 18.7 Å². The Labute approximate surface area is 208 Å². The van der Waals surface area contributed by atoms with Crippen molar-refractivity contribution in [2.45, 2.75) is 45.1 Å². The zero-order chi connectivity index (χ0) is 24.9. The van der Waals surface area contributed by atoms with Gasteiger partial charge in [0.15, 0.2) is 0 Å². The van der Waals surface area contributed by atoms with Gasteiger partial charge in [0, 0.05) is 44.6 Å². The quantitative estimate of drug-likeness (QED) is 0.378. The molecule has 184 valence electrons. The number of nitrogens with zero attached hydrogens (tertiary/aromatic N) is 5. The number of aryl methyl sites for hydroxylation is 1. The lowest BCUT2D eigenvalue weighted by atomic mass is 9.87. The van der Waals surface area contributed by atoms with E-state index < -0.39 is 5.60 Å². The number of fused-ring (bicyclic) bond motifs is 4. The van der Waals surface area contributed by atoms with E-state index in [1.54, 1.807) is 38.4 Å². The molecule has 1 atom stereocenters. The van der Waals surface area contributed by atoms with E-state index in [1.165, 1.54) is 10.4 Å². The summed E-state index contributed by atoms with van der Waals surface area (Å²) in [5.41, 5.74) is 3.15. The SMILES string of the molecule is CNC(=O)C1CCc2c(sc3nc(CC(C)(C)O)nc(Nc4cc5ccnn5cc4N(C)C)c23)C1. The Morgan fingerprint density at radius 1 is 1.34 bits per heavy atom. The number of nitrogens with one attached hydrogen (secondary N) is 2. The van der Waals surface area contributed by atoms with Crippen LogP contribution in [0.1, 0.15) is 36.5 Å². The lowest BCUT2D eigenvalue weighted by Gasteiger charge is -2.22. The highest BCUT2D eigenvalue weighted by Gasteiger charge is 2.30. The van der Waals surface area contributed by atoms with Gasteiger partial charge in [-0.2, -0.15) is 5.10 Å². The van der Waals surface area contributed by atoms with Crippen molar-refractivity contribution >= 4 is 50.2 Å². The summed E-state index contributed by atoms with van der Waals surface area (Å²) in [6.07, 6.45) is 6.42. The zero-order valence-electron chi connectivity index (χ0n) is 20.7. The van der Waals surface area contributed by atoms with Crippen molar-refractivity contribution in [3.63, 3.8) is 0 Å². The van der Waals surface area contributed by atoms with Crippen molar-refractivity contribution in [3.8, 4) is 0 Å². The normalized spacial score (nSPS) is 15.9. The van der Waals surface area contributed by atoms with Crippen LogP contribution in [-0.4, -0.2) is 57.3 Å². The Bertz CT molecular complexity index is 1420. The van der Waals surface area contributed by atoms with E-state index in [1.807, 2.05) is 35.8 Å². The largest absolute Gasteiger partial charge is 0.390 e. The molecular weight excluding hydrogens is 462 g/mol. The molecule has 5 rings (SSSR count). The smallest absolute Gasteiger partial charge is 0.223 e. The average Bonchev–Trinajstić information content (AvgIpc) is 3.39.